The van der Waals surface area contributed by atoms with Crippen LogP contribution in [0.5, 0.6) is 0 Å². The maximum Gasteiger partial charge on any atom is 0.223 e. The molecule has 0 spiro atoms. The summed E-state index contributed by atoms with van der Waals surface area (Å²) in [6.07, 6.45) is 9.46. The third-order valence-electron chi connectivity index (χ3n) is 5.30. The Labute approximate surface area is 139 Å². The van der Waals surface area contributed by atoms with Crippen molar-refractivity contribution in [2.45, 2.75) is 51.6 Å². The van der Waals surface area contributed by atoms with Crippen molar-refractivity contribution in [2.75, 3.05) is 13.1 Å². The van der Waals surface area contributed by atoms with E-state index in [0.29, 0.717) is 6.04 Å². The zero-order chi connectivity index (χ0) is 16.1. The Morgan fingerprint density at radius 1 is 1.30 bits per heavy atom. The Kier molecular flexibility index (Phi) is 5.50. The van der Waals surface area contributed by atoms with E-state index >= 15 is 0 Å². The number of rotatable bonds is 5. The molecule has 1 aromatic rings. The van der Waals surface area contributed by atoms with E-state index in [2.05, 4.69) is 53.6 Å². The Balaban J connectivity index is 1.54. The van der Waals surface area contributed by atoms with E-state index < -0.39 is 0 Å². The van der Waals surface area contributed by atoms with Gasteiger partial charge in [0.2, 0.25) is 5.91 Å². The summed E-state index contributed by atoms with van der Waals surface area (Å²) >= 11 is 0. The monoisotopic (exact) mass is 312 g/mol. The summed E-state index contributed by atoms with van der Waals surface area (Å²) in [7, 11) is 0. The first-order valence-corrected chi connectivity index (χ1v) is 9.01. The van der Waals surface area contributed by atoms with Gasteiger partial charge in [-0.25, -0.2) is 0 Å². The number of hydrogen-bond donors (Lipinski definition) is 1. The van der Waals surface area contributed by atoms with Gasteiger partial charge in [0.1, 0.15) is 0 Å². The Bertz CT molecular complexity index is 567. The number of allylic oxidation sites excluding steroid dienone is 2. The molecule has 0 fully saturated rings. The van der Waals surface area contributed by atoms with Crippen LogP contribution in [0.4, 0.5) is 0 Å². The maximum absolute atomic E-state index is 12.3. The van der Waals surface area contributed by atoms with Crippen LogP contribution in [0.25, 0.3) is 0 Å². The molecule has 2 aliphatic rings. The molecule has 1 aromatic carbocycles. The molecule has 0 saturated carbocycles. The molecule has 0 aromatic heterocycles. The lowest BCUT2D eigenvalue weighted by molar-refractivity contribution is -0.125. The van der Waals surface area contributed by atoms with E-state index in [1.807, 2.05) is 0 Å². The highest BCUT2D eigenvalue weighted by molar-refractivity contribution is 5.79. The zero-order valence-electron chi connectivity index (χ0n) is 14.1. The Morgan fingerprint density at radius 3 is 2.87 bits per heavy atom. The highest BCUT2D eigenvalue weighted by Gasteiger charge is 2.24. The number of carbonyl (C=O) groups is 1. The average molecular weight is 312 g/mol. The molecule has 3 nitrogen and oxygen atoms in total. The fourth-order valence-corrected chi connectivity index (χ4v) is 3.76. The van der Waals surface area contributed by atoms with E-state index in [0.717, 1.165) is 51.7 Å². The normalized spacial score (nSPS) is 22.4. The summed E-state index contributed by atoms with van der Waals surface area (Å²) in [6, 6.07) is 9.17. The van der Waals surface area contributed by atoms with Gasteiger partial charge >= 0.3 is 0 Å². The molecule has 2 unspecified atom stereocenters. The summed E-state index contributed by atoms with van der Waals surface area (Å²) in [5.41, 5.74) is 2.93. The summed E-state index contributed by atoms with van der Waals surface area (Å²) < 4.78 is 0. The lowest BCUT2D eigenvalue weighted by atomic mass is 9.93. The minimum Gasteiger partial charge on any atom is -0.354 e. The first kappa shape index (κ1) is 16.3. The zero-order valence-corrected chi connectivity index (χ0v) is 14.1. The molecular weight excluding hydrogens is 284 g/mol. The maximum atomic E-state index is 12.3. The molecule has 23 heavy (non-hydrogen) atoms. The van der Waals surface area contributed by atoms with Crippen LogP contribution in [0.15, 0.2) is 36.4 Å². The number of nitrogens with one attached hydrogen (secondary N) is 1. The van der Waals surface area contributed by atoms with Crippen LogP contribution in [0.2, 0.25) is 0 Å². The van der Waals surface area contributed by atoms with Crippen molar-refractivity contribution >= 4 is 5.91 Å². The van der Waals surface area contributed by atoms with Crippen LogP contribution in [-0.4, -0.2) is 29.9 Å². The number of carbonyl (C=O) groups excluding carboxylic acids is 1. The lowest BCUT2D eigenvalue weighted by Gasteiger charge is -2.35. The van der Waals surface area contributed by atoms with Crippen LogP contribution < -0.4 is 5.32 Å². The molecule has 3 heteroatoms. The van der Waals surface area contributed by atoms with E-state index in [-0.39, 0.29) is 11.8 Å². The minimum absolute atomic E-state index is 0.180. The molecule has 0 bridgehead atoms. The van der Waals surface area contributed by atoms with E-state index in [1.165, 1.54) is 11.1 Å². The molecule has 0 saturated heterocycles. The predicted octanol–water partition coefficient (Wildman–Crippen LogP) is 3.30. The van der Waals surface area contributed by atoms with Crippen molar-refractivity contribution < 1.29 is 4.79 Å². The van der Waals surface area contributed by atoms with E-state index in [4.69, 9.17) is 0 Å². The van der Waals surface area contributed by atoms with E-state index in [9.17, 15) is 4.79 Å². The Hall–Kier alpha value is -1.61. The second-order valence-corrected chi connectivity index (χ2v) is 6.78. The molecule has 2 atom stereocenters. The molecule has 0 radical (unpaired) electrons. The topological polar surface area (TPSA) is 32.3 Å². The van der Waals surface area contributed by atoms with Gasteiger partial charge in [-0.05, 0) is 43.2 Å². The summed E-state index contributed by atoms with van der Waals surface area (Å²) in [5, 5.41) is 3.21. The number of nitrogens with zero attached hydrogens (tertiary/aromatic N) is 1. The van der Waals surface area contributed by atoms with Crippen LogP contribution >= 0.6 is 0 Å². The van der Waals surface area contributed by atoms with Gasteiger partial charge in [-0.15, -0.1) is 0 Å². The van der Waals surface area contributed by atoms with Gasteiger partial charge in [-0.3, -0.25) is 9.69 Å². The lowest BCUT2D eigenvalue weighted by Crippen LogP contribution is -2.46. The van der Waals surface area contributed by atoms with Crippen molar-refractivity contribution in [3.63, 3.8) is 0 Å². The quantitative estimate of drug-likeness (QED) is 0.846. The smallest absolute Gasteiger partial charge is 0.223 e. The number of hydrogen-bond acceptors (Lipinski definition) is 2. The van der Waals surface area contributed by atoms with Crippen LogP contribution in [-0.2, 0) is 17.8 Å². The van der Waals surface area contributed by atoms with Gasteiger partial charge in [-0.1, -0.05) is 43.3 Å². The summed E-state index contributed by atoms with van der Waals surface area (Å²) in [4.78, 5) is 14.9. The Morgan fingerprint density at radius 2 is 2.13 bits per heavy atom. The third-order valence-corrected chi connectivity index (χ3v) is 5.30. The van der Waals surface area contributed by atoms with E-state index in [1.54, 1.807) is 0 Å². The van der Waals surface area contributed by atoms with Crippen molar-refractivity contribution in [3.8, 4) is 0 Å². The van der Waals surface area contributed by atoms with Gasteiger partial charge < -0.3 is 5.32 Å². The van der Waals surface area contributed by atoms with Crippen molar-refractivity contribution in [1.82, 2.24) is 10.2 Å². The summed E-state index contributed by atoms with van der Waals surface area (Å²) in [6.45, 7) is 5.10. The minimum atomic E-state index is 0.180. The third kappa shape index (κ3) is 4.03. The van der Waals surface area contributed by atoms with Crippen molar-refractivity contribution in [1.29, 1.82) is 0 Å². The SMILES string of the molecule is CCC(CNC(=O)C1CC=CCC1)N1CCc2ccccc2C1. The van der Waals surface area contributed by atoms with Gasteiger partial charge in [0, 0.05) is 31.6 Å². The second kappa shape index (κ2) is 7.78. The summed E-state index contributed by atoms with van der Waals surface area (Å²) in [5.74, 6) is 0.421. The first-order chi connectivity index (χ1) is 11.3. The van der Waals surface area contributed by atoms with Crippen molar-refractivity contribution in [3.05, 3.63) is 47.5 Å². The molecule has 1 heterocycles. The fraction of sp³-hybridized carbons (Fsp3) is 0.550. The van der Waals surface area contributed by atoms with Crippen LogP contribution in [0.1, 0.15) is 43.7 Å². The number of benzene rings is 1. The van der Waals surface area contributed by atoms with Gasteiger partial charge in [0.25, 0.3) is 0 Å². The van der Waals surface area contributed by atoms with Gasteiger partial charge in [0.05, 0.1) is 0 Å². The van der Waals surface area contributed by atoms with Crippen molar-refractivity contribution in [2.24, 2.45) is 5.92 Å². The van der Waals surface area contributed by atoms with Gasteiger partial charge in [0.15, 0.2) is 0 Å². The molecule has 3 rings (SSSR count). The largest absolute Gasteiger partial charge is 0.354 e. The molecule has 1 aliphatic carbocycles. The predicted molar refractivity (Wildman–Crippen MR) is 94.1 cm³/mol. The van der Waals surface area contributed by atoms with Gasteiger partial charge in [-0.2, -0.15) is 0 Å². The van der Waals surface area contributed by atoms with Crippen LogP contribution in [0.3, 0.4) is 0 Å². The highest BCUT2D eigenvalue weighted by Crippen LogP contribution is 2.22. The number of fused-ring (bicyclic) bond motifs is 1. The molecule has 1 aliphatic heterocycles. The fourth-order valence-electron chi connectivity index (χ4n) is 3.76. The number of amides is 1. The molecule has 124 valence electrons. The molecular formula is C20H28N2O. The molecule has 1 amide bonds. The average Bonchev–Trinajstić information content (AvgIpc) is 2.62. The highest BCUT2D eigenvalue weighted by atomic mass is 16.1. The standard InChI is InChI=1S/C20H28N2O/c1-2-19(14-21-20(23)17-9-4-3-5-10-17)22-13-12-16-8-6-7-11-18(16)15-22/h3-4,6-8,11,17,19H,2,5,9-10,12-15H2,1H3,(H,21,23). The second-order valence-electron chi connectivity index (χ2n) is 6.78. The molecule has 1 N–H and O–H groups in total. The first-order valence-electron chi connectivity index (χ1n) is 9.01. The van der Waals surface area contributed by atoms with Crippen LogP contribution in [0, 0.1) is 5.92 Å².